The second kappa shape index (κ2) is 59.1. The highest BCUT2D eigenvalue weighted by Crippen LogP contribution is 2.57. The van der Waals surface area contributed by atoms with Crippen LogP contribution in [0.4, 0.5) is 0 Å². The fraction of sp³-hybridized carbons (Fsp3) is 0.549. The summed E-state index contributed by atoms with van der Waals surface area (Å²) in [5.74, 6) is -18.7. The number of hydrogen-bond donors (Lipinski definition) is 36. The monoisotopic (exact) mass is 2080 g/mol. The van der Waals surface area contributed by atoms with Gasteiger partial charge in [-0.3, -0.25) is 109 Å². The highest BCUT2D eigenvalue weighted by atomic mass is 16.6. The largest absolute Gasteiger partial charge is 0.508 e. The Morgan fingerprint density at radius 1 is 0.372 bits per heavy atom. The Morgan fingerprint density at radius 3 is 1.05 bits per heavy atom. The lowest BCUT2D eigenvalue weighted by atomic mass is 9.77. The van der Waals surface area contributed by atoms with E-state index in [4.69, 9.17) is 105 Å². The van der Waals surface area contributed by atoms with Crippen LogP contribution in [0.3, 0.4) is 0 Å². The molecule has 148 heavy (non-hydrogen) atoms. The van der Waals surface area contributed by atoms with Gasteiger partial charge in [0, 0.05) is 99.6 Å². The molecule has 0 radical (unpaired) electrons. The van der Waals surface area contributed by atoms with E-state index in [9.17, 15) is 58.2 Å². The zero-order valence-electron chi connectivity index (χ0n) is 82.2. The van der Waals surface area contributed by atoms with E-state index in [-0.39, 0.29) is 246 Å². The predicted molar refractivity (Wildman–Crippen MR) is 536 cm³/mol. The molecule has 12 atom stereocenters. The number of likely N-dealkylation sites (tertiary alicyclic amines) is 2. The van der Waals surface area contributed by atoms with Crippen molar-refractivity contribution >= 4 is 136 Å². The molecule has 4 aliphatic heterocycles. The molecule has 57 nitrogen and oxygen atoms in total. The average Bonchev–Trinajstić information content (AvgIpc) is 1.52. The highest BCUT2D eigenvalue weighted by molar-refractivity contribution is 6.04. The number of carbonyl (C=O) groups is 17. The Labute approximate surface area is 851 Å². The van der Waals surface area contributed by atoms with E-state index in [2.05, 4.69) is 90.4 Å². The van der Waals surface area contributed by atoms with Gasteiger partial charge in [0.05, 0.1) is 12.1 Å². The topological polar surface area (TPSA) is 989 Å². The maximum Gasteiger partial charge on any atom is 0.340 e. The molecular formula is C91H142N36O21. The van der Waals surface area contributed by atoms with Crippen molar-refractivity contribution in [3.63, 3.8) is 0 Å². The molecule has 2 fully saturated rings. The molecule has 4 aliphatic rings. The number of fused-ring (bicyclic) bond motifs is 6. The number of phenolic OH excluding ortho intramolecular Hbond substituents is 2. The highest BCUT2D eigenvalue weighted by Gasteiger charge is 2.55. The van der Waals surface area contributed by atoms with E-state index < -0.39 is 234 Å². The third kappa shape index (κ3) is 37.0. The Balaban J connectivity index is 1.12. The second-order valence-electron chi connectivity index (χ2n) is 35.9. The van der Waals surface area contributed by atoms with Gasteiger partial charge in [-0.25, -0.2) is 4.79 Å². The first-order valence-electron chi connectivity index (χ1n) is 48.7. The molecule has 4 heterocycles. The van der Waals surface area contributed by atoms with Gasteiger partial charge >= 0.3 is 5.97 Å². The average molecular weight is 2080 g/mol. The standard InChI is InChI=1S/C91H142N36O21/c92-33-3-1-13-56(118-73(135)55(15-5-35-109-85(97)98)116-70(132)46-115-72(134)47-23-26-51-50(43-47)84(146)148-91(51)52-27-24-48(128)44-66(52)147-67-45-49(129)25-28-53(67)91)74(136)119-57(14-2-4-34-93)75(137)120-58(16-6-36-110-86(99)100)76(138)121-60(18-8-38-112-88(103)104)78(140)124-62(30-32-69(95)131)80(142)123-59(17-7-37-111-87(101)102)77(139)122-61(19-9-39-113-89(105)106)79(141)125-63(20-10-40-114-90(107)108)82(144)127-42-12-22-65(127)83(145)126-41-11-21-64(126)81(143)117-54(71(96)133)29-31-68(94)130/h23-28,43-45,54-65,128-129H,1-22,29-42,46,92-93H2,(H2,94,130)(H2,95,131)(H2,96,133)(H,115,134)(H,116,132)(H,117,143)(H,118,135)(H,119,136)(H,120,137)(H,121,138)(H,122,139)(H,123,142)(H,124,140)(H,125,141)(H4,97,98,109)(H4,99,100,110)(H4,101,102,111)(H4,103,104,112)(H4,105,106,113)(H4,107,108,114)/t54-,55-,56-,57-,58-,59-,60-,61-,62-,63-,64-,65-/m0/s1. The lowest BCUT2D eigenvalue weighted by Gasteiger charge is -2.36. The van der Waals surface area contributed by atoms with Crippen LogP contribution in [0.5, 0.6) is 23.0 Å². The summed E-state index contributed by atoms with van der Waals surface area (Å²) in [6.07, 6.45) is -1.82. The molecule has 2 saturated heterocycles. The van der Waals surface area contributed by atoms with E-state index in [1.54, 1.807) is 0 Å². The number of hydrogen-bond acceptors (Lipinski definition) is 29. The second-order valence-corrected chi connectivity index (χ2v) is 35.9. The number of nitrogens with one attached hydrogen (secondary N) is 23. The summed E-state index contributed by atoms with van der Waals surface area (Å²) in [5, 5.41) is 112. The van der Waals surface area contributed by atoms with Gasteiger partial charge in [0.1, 0.15) is 95.5 Å². The van der Waals surface area contributed by atoms with E-state index in [1.807, 2.05) is 0 Å². The molecule has 7 rings (SSSR count). The Bertz CT molecular complexity index is 5250. The number of nitrogens with zero attached hydrogens (tertiary/aromatic N) is 2. The van der Waals surface area contributed by atoms with E-state index in [1.165, 1.54) is 64.4 Å². The molecule has 3 aromatic rings. The summed E-state index contributed by atoms with van der Waals surface area (Å²) in [6, 6.07) is -5.73. The fourth-order valence-electron chi connectivity index (χ4n) is 17.2. The molecule has 0 aliphatic carbocycles. The molecule has 812 valence electrons. The number of guanidine groups is 6. The molecule has 16 amide bonds. The molecule has 57 heteroatoms. The smallest absolute Gasteiger partial charge is 0.340 e. The number of aromatic hydroxyl groups is 2. The van der Waals surface area contributed by atoms with Gasteiger partial charge in [-0.2, -0.15) is 0 Å². The zero-order valence-corrected chi connectivity index (χ0v) is 82.2. The number of carbonyl (C=O) groups excluding carboxylic acids is 17. The van der Waals surface area contributed by atoms with Gasteiger partial charge in [0.15, 0.2) is 41.4 Å². The lowest BCUT2D eigenvalue weighted by Crippen LogP contribution is -2.61. The number of esters is 1. The summed E-state index contributed by atoms with van der Waals surface area (Å²) in [7, 11) is 0. The maximum atomic E-state index is 15.1. The molecule has 0 saturated carbocycles. The number of amides is 16. The summed E-state index contributed by atoms with van der Waals surface area (Å²) < 4.78 is 12.2. The molecule has 0 aromatic heterocycles. The fourth-order valence-corrected chi connectivity index (χ4v) is 17.2. The number of benzene rings is 3. The molecule has 1 spiro atoms. The minimum Gasteiger partial charge on any atom is -0.508 e. The van der Waals surface area contributed by atoms with Gasteiger partial charge in [-0.15, -0.1) is 0 Å². The molecular weight excluding hydrogens is 1930 g/mol. The number of phenols is 2. The van der Waals surface area contributed by atoms with E-state index >= 15 is 33.6 Å². The Kier molecular flexibility index (Phi) is 47.4. The number of unbranched alkanes of at least 4 members (excludes halogenated alkanes) is 2. The van der Waals surface area contributed by atoms with Crippen LogP contribution in [0.25, 0.3) is 0 Å². The predicted octanol–water partition coefficient (Wildman–Crippen LogP) is -8.92. The van der Waals surface area contributed by atoms with E-state index in [0.29, 0.717) is 24.0 Å². The number of nitrogens with two attached hydrogens (primary N) is 11. The Hall–Kier alpha value is -16.4. The molecule has 3 aromatic carbocycles. The normalized spacial score (nSPS) is 15.9. The van der Waals surface area contributed by atoms with Crippen molar-refractivity contribution in [2.45, 2.75) is 245 Å². The van der Waals surface area contributed by atoms with Crippen LogP contribution < -0.4 is 158 Å². The number of ether oxygens (including phenoxy) is 2. The minimum atomic E-state index is -1.83. The van der Waals surface area contributed by atoms with Crippen LogP contribution >= 0.6 is 0 Å². The first-order valence-corrected chi connectivity index (χ1v) is 48.7. The Morgan fingerprint density at radius 2 is 0.696 bits per heavy atom. The molecule has 0 unspecified atom stereocenters. The summed E-state index contributed by atoms with van der Waals surface area (Å²) in [4.78, 5) is 245. The van der Waals surface area contributed by atoms with Crippen molar-refractivity contribution in [1.29, 1.82) is 32.5 Å². The number of primary amides is 3. The SMILES string of the molecule is N=C(N)NCCC[C@H](NC(=O)CNC(=O)c1ccc2c(c1)C(=O)OC21c2ccc(O)cc2Oc2cc(O)ccc21)C(=O)N[C@@H](CCCCN)C(=O)N[C@@H](CCCCN)C(=O)N[C@@H](CCCNC(=N)N)C(=O)N[C@@H](CCCNC(=N)N)C(=O)N[C@@H](CCC(N)=O)C(=O)N[C@@H](CCCNC(=N)N)C(=O)N[C@@H](CCCNC(=N)N)C(=O)N[C@@H](CCCNC(=N)N)C(=O)N1CCC[C@H]1C(=O)N1CCC[C@H]1C(=O)N[C@@H](CCC(N)=O)C(N)=O. The van der Waals surface area contributed by atoms with Crippen LogP contribution in [-0.4, -0.2) is 301 Å². The molecule has 0 bridgehead atoms. The van der Waals surface area contributed by atoms with Crippen molar-refractivity contribution in [3.8, 4) is 23.0 Å². The van der Waals surface area contributed by atoms with Crippen molar-refractivity contribution < 1.29 is 101 Å². The quantitative estimate of drug-likeness (QED) is 0.0108. The third-order valence-corrected chi connectivity index (χ3v) is 24.6. The number of rotatable bonds is 63. The summed E-state index contributed by atoms with van der Waals surface area (Å²) in [5.41, 5.74) is 61.0. The van der Waals surface area contributed by atoms with Crippen LogP contribution in [0.15, 0.2) is 54.6 Å². The van der Waals surface area contributed by atoms with Gasteiger partial charge in [0.2, 0.25) is 88.6 Å². The van der Waals surface area contributed by atoms with Crippen LogP contribution in [0.1, 0.15) is 204 Å². The van der Waals surface area contributed by atoms with Gasteiger partial charge in [-0.05, 0) is 204 Å². The van der Waals surface area contributed by atoms with Crippen LogP contribution in [0, 0.1) is 32.5 Å². The summed E-state index contributed by atoms with van der Waals surface area (Å²) in [6.45, 7) is -0.817. The van der Waals surface area contributed by atoms with Gasteiger partial charge in [0.25, 0.3) is 5.91 Å². The molecule has 47 N–H and O–H groups in total. The zero-order chi connectivity index (χ0) is 109. The summed E-state index contributed by atoms with van der Waals surface area (Å²) >= 11 is 0. The first-order chi connectivity index (χ1) is 70.4. The van der Waals surface area contributed by atoms with Crippen molar-refractivity contribution in [2.75, 3.05) is 72.0 Å². The maximum absolute atomic E-state index is 15.1. The van der Waals surface area contributed by atoms with Crippen molar-refractivity contribution in [1.82, 2.24) is 100 Å². The third-order valence-electron chi connectivity index (χ3n) is 24.6. The van der Waals surface area contributed by atoms with Crippen molar-refractivity contribution in [2.24, 2.45) is 63.1 Å². The van der Waals surface area contributed by atoms with Crippen LogP contribution in [-0.2, 0) is 82.3 Å². The van der Waals surface area contributed by atoms with Crippen LogP contribution in [0.2, 0.25) is 0 Å². The van der Waals surface area contributed by atoms with Crippen molar-refractivity contribution in [3.05, 3.63) is 82.4 Å². The van der Waals surface area contributed by atoms with Gasteiger partial charge in [-0.1, -0.05) is 6.07 Å². The van der Waals surface area contributed by atoms with E-state index in [0.717, 1.165) is 0 Å². The van der Waals surface area contributed by atoms with Gasteiger partial charge < -0.3 is 183 Å². The minimum absolute atomic E-state index is 0.00266. The first kappa shape index (κ1) is 119. The lowest BCUT2D eigenvalue weighted by molar-refractivity contribution is -0.148.